The van der Waals surface area contributed by atoms with Gasteiger partial charge in [0.15, 0.2) is 0 Å². The first kappa shape index (κ1) is 14.3. The lowest BCUT2D eigenvalue weighted by Crippen LogP contribution is -2.11. The number of nitrogens with zero attached hydrogens (tertiary/aromatic N) is 2. The predicted molar refractivity (Wildman–Crippen MR) is 78.4 cm³/mol. The van der Waals surface area contributed by atoms with E-state index in [0.29, 0.717) is 15.7 Å². The van der Waals surface area contributed by atoms with Gasteiger partial charge in [0.1, 0.15) is 0 Å². The molecule has 1 amide bonds. The molecule has 0 saturated heterocycles. The summed E-state index contributed by atoms with van der Waals surface area (Å²) in [4.78, 5) is 20.0. The molecule has 7 heteroatoms. The van der Waals surface area contributed by atoms with Crippen molar-refractivity contribution in [1.82, 2.24) is 4.98 Å². The van der Waals surface area contributed by atoms with Gasteiger partial charge in [0.25, 0.3) is 0 Å². The van der Waals surface area contributed by atoms with Crippen LogP contribution in [0.5, 0.6) is 0 Å². The Morgan fingerprint density at radius 1 is 1.25 bits per heavy atom. The van der Waals surface area contributed by atoms with Gasteiger partial charge in [-0.1, -0.05) is 28.4 Å². The fourth-order valence-corrected chi connectivity index (χ4v) is 1.65. The number of benzene rings is 1. The molecule has 1 N–H and O–H groups in total. The Labute approximate surface area is 125 Å². The van der Waals surface area contributed by atoms with E-state index >= 15 is 0 Å². The third-order valence-corrected chi connectivity index (χ3v) is 2.77. The van der Waals surface area contributed by atoms with Crippen molar-refractivity contribution in [3.8, 4) is 0 Å². The van der Waals surface area contributed by atoms with E-state index in [1.807, 2.05) is 0 Å². The van der Waals surface area contributed by atoms with Gasteiger partial charge in [-0.05, 0) is 35.9 Å². The minimum Gasteiger partial charge on any atom is -0.298 e. The van der Waals surface area contributed by atoms with Crippen LogP contribution < -0.4 is 5.32 Å². The lowest BCUT2D eigenvalue weighted by Gasteiger charge is -2.05. The van der Waals surface area contributed by atoms with Crippen LogP contribution in [0.2, 0.25) is 10.0 Å². The van der Waals surface area contributed by atoms with Crippen molar-refractivity contribution >= 4 is 41.2 Å². The maximum absolute atomic E-state index is 11.5. The third-order valence-electron chi connectivity index (χ3n) is 2.21. The summed E-state index contributed by atoms with van der Waals surface area (Å²) >= 11 is 11.7. The van der Waals surface area contributed by atoms with Crippen LogP contribution in [0.25, 0.3) is 0 Å². The van der Waals surface area contributed by atoms with Crippen molar-refractivity contribution in [1.29, 1.82) is 0 Å². The second kappa shape index (κ2) is 6.88. The van der Waals surface area contributed by atoms with Crippen LogP contribution in [-0.4, -0.2) is 17.3 Å². The average Bonchev–Trinajstić information content (AvgIpc) is 2.44. The number of carbonyl (C=O) groups excluding carboxylic acids is 1. The number of halogens is 2. The Hall–Kier alpha value is -2.11. The number of amides is 1. The van der Waals surface area contributed by atoms with Gasteiger partial charge in [0.2, 0.25) is 0 Å². The molecule has 1 heterocycles. The number of anilines is 1. The maximum atomic E-state index is 11.5. The average molecular weight is 310 g/mol. The first-order valence-corrected chi connectivity index (χ1v) is 6.27. The minimum absolute atomic E-state index is 0.350. The lowest BCUT2D eigenvalue weighted by atomic mass is 10.3. The topological polar surface area (TPSA) is 63.6 Å². The molecule has 0 aliphatic rings. The molecular formula is C13H9Cl2N3O2. The quantitative estimate of drug-likeness (QED) is 0.530. The van der Waals surface area contributed by atoms with Crippen LogP contribution in [0.3, 0.4) is 0 Å². The Balaban J connectivity index is 1.93. The molecule has 2 rings (SSSR count). The van der Waals surface area contributed by atoms with E-state index < -0.39 is 6.09 Å². The van der Waals surface area contributed by atoms with Gasteiger partial charge in [-0.2, -0.15) is 0 Å². The molecule has 20 heavy (non-hydrogen) atoms. The van der Waals surface area contributed by atoms with Crippen molar-refractivity contribution in [3.05, 3.63) is 58.3 Å². The first-order valence-electron chi connectivity index (χ1n) is 5.51. The molecule has 0 aliphatic carbocycles. The highest BCUT2D eigenvalue weighted by Crippen LogP contribution is 2.25. The van der Waals surface area contributed by atoms with E-state index in [9.17, 15) is 4.79 Å². The summed E-state index contributed by atoms with van der Waals surface area (Å²) in [6.45, 7) is 0. The van der Waals surface area contributed by atoms with E-state index in [2.05, 4.69) is 20.3 Å². The Bertz CT molecular complexity index is 633. The molecule has 0 bridgehead atoms. The molecule has 1 aromatic heterocycles. The Kier molecular flexibility index (Phi) is 4.92. The summed E-state index contributed by atoms with van der Waals surface area (Å²) in [5.41, 5.74) is 1.11. The molecule has 5 nitrogen and oxygen atoms in total. The van der Waals surface area contributed by atoms with E-state index in [1.165, 1.54) is 12.3 Å². The molecule has 1 aromatic carbocycles. The summed E-state index contributed by atoms with van der Waals surface area (Å²) in [7, 11) is 0. The van der Waals surface area contributed by atoms with Crippen LogP contribution in [0.1, 0.15) is 5.56 Å². The van der Waals surface area contributed by atoms with Crippen LogP contribution in [0.15, 0.2) is 47.9 Å². The molecule has 0 radical (unpaired) electrons. The Morgan fingerprint density at radius 2 is 2.00 bits per heavy atom. The number of rotatable bonds is 3. The number of oxime groups is 1. The van der Waals surface area contributed by atoms with Crippen molar-refractivity contribution in [3.63, 3.8) is 0 Å². The summed E-state index contributed by atoms with van der Waals surface area (Å²) in [6.07, 6.45) is 3.83. The van der Waals surface area contributed by atoms with Crippen LogP contribution in [0, 0.1) is 0 Å². The second-order valence-corrected chi connectivity index (χ2v) is 4.49. The van der Waals surface area contributed by atoms with Gasteiger partial charge in [-0.15, -0.1) is 0 Å². The van der Waals surface area contributed by atoms with Crippen molar-refractivity contribution in [2.24, 2.45) is 5.16 Å². The fraction of sp³-hybridized carbons (Fsp3) is 0. The van der Waals surface area contributed by atoms with E-state index in [0.717, 1.165) is 5.56 Å². The van der Waals surface area contributed by atoms with E-state index in [4.69, 9.17) is 23.2 Å². The lowest BCUT2D eigenvalue weighted by molar-refractivity contribution is 0.167. The number of aromatic nitrogens is 1. The molecular weight excluding hydrogens is 301 g/mol. The monoisotopic (exact) mass is 309 g/mol. The van der Waals surface area contributed by atoms with Crippen LogP contribution in [-0.2, 0) is 4.84 Å². The zero-order chi connectivity index (χ0) is 14.4. The molecule has 0 fully saturated rings. The molecule has 0 saturated carbocycles. The molecule has 2 aromatic rings. The van der Waals surface area contributed by atoms with Crippen molar-refractivity contribution in [2.45, 2.75) is 0 Å². The molecule has 0 spiro atoms. The number of carbonyl (C=O) groups is 1. The smallest absolute Gasteiger partial charge is 0.298 e. The SMILES string of the molecule is O=C(Nc1cc(Cl)ccc1Cl)ON=Cc1ccncc1. The predicted octanol–water partition coefficient (Wildman–Crippen LogP) is 3.97. The van der Waals surface area contributed by atoms with Gasteiger partial charge < -0.3 is 0 Å². The number of hydrogen-bond donors (Lipinski definition) is 1. The highest BCUT2D eigenvalue weighted by Gasteiger charge is 2.07. The molecule has 0 unspecified atom stereocenters. The summed E-state index contributed by atoms with van der Waals surface area (Å²) in [6, 6.07) is 8.14. The number of nitrogens with one attached hydrogen (secondary N) is 1. The highest BCUT2D eigenvalue weighted by atomic mass is 35.5. The normalized spacial score (nSPS) is 10.5. The highest BCUT2D eigenvalue weighted by molar-refractivity contribution is 6.35. The van der Waals surface area contributed by atoms with Gasteiger partial charge in [-0.3, -0.25) is 15.1 Å². The van der Waals surface area contributed by atoms with Crippen LogP contribution >= 0.6 is 23.2 Å². The number of pyridine rings is 1. The fourth-order valence-electron chi connectivity index (χ4n) is 1.31. The molecule has 0 atom stereocenters. The molecule has 0 aliphatic heterocycles. The van der Waals surface area contributed by atoms with Gasteiger partial charge >= 0.3 is 6.09 Å². The summed E-state index contributed by atoms with van der Waals surface area (Å²) < 4.78 is 0. The van der Waals surface area contributed by atoms with E-state index in [-0.39, 0.29) is 0 Å². The standard InChI is InChI=1S/C13H9Cl2N3O2/c14-10-1-2-11(15)12(7-10)18-13(19)20-17-8-9-3-5-16-6-4-9/h1-8H,(H,18,19). The zero-order valence-electron chi connectivity index (χ0n) is 10.1. The van der Waals surface area contributed by atoms with Gasteiger partial charge in [0, 0.05) is 17.4 Å². The zero-order valence-corrected chi connectivity index (χ0v) is 11.6. The Morgan fingerprint density at radius 3 is 2.75 bits per heavy atom. The summed E-state index contributed by atoms with van der Waals surface area (Å²) in [5.74, 6) is 0. The number of hydrogen-bond acceptors (Lipinski definition) is 4. The first-order chi connectivity index (χ1) is 9.65. The van der Waals surface area contributed by atoms with Crippen molar-refractivity contribution < 1.29 is 9.63 Å². The van der Waals surface area contributed by atoms with Crippen molar-refractivity contribution in [2.75, 3.05) is 5.32 Å². The molecule has 102 valence electrons. The minimum atomic E-state index is -0.764. The van der Waals surface area contributed by atoms with Gasteiger partial charge in [-0.25, -0.2) is 4.79 Å². The van der Waals surface area contributed by atoms with Crippen LogP contribution in [0.4, 0.5) is 10.5 Å². The summed E-state index contributed by atoms with van der Waals surface area (Å²) in [5, 5.41) is 6.78. The van der Waals surface area contributed by atoms with E-state index in [1.54, 1.807) is 36.7 Å². The second-order valence-electron chi connectivity index (χ2n) is 3.64. The maximum Gasteiger partial charge on any atom is 0.437 e. The largest absolute Gasteiger partial charge is 0.437 e. The van der Waals surface area contributed by atoms with Gasteiger partial charge in [0.05, 0.1) is 16.9 Å². The third kappa shape index (κ3) is 4.22.